The molecule has 1 aliphatic rings. The third-order valence-corrected chi connectivity index (χ3v) is 6.06. The van der Waals surface area contributed by atoms with Gasteiger partial charge < -0.3 is 11.1 Å². The Kier molecular flexibility index (Phi) is 6.07. The number of hydrogen-bond donors (Lipinski definition) is 2. The van der Waals surface area contributed by atoms with Crippen LogP contribution in [0.25, 0.3) is 0 Å². The van der Waals surface area contributed by atoms with E-state index < -0.39 is 17.8 Å². The molecule has 0 fully saturated rings. The van der Waals surface area contributed by atoms with Crippen LogP contribution in [0.4, 0.5) is 9.39 Å². The van der Waals surface area contributed by atoms with Crippen molar-refractivity contribution >= 4 is 28.2 Å². The van der Waals surface area contributed by atoms with E-state index in [0.29, 0.717) is 16.1 Å². The number of benzene rings is 1. The molecule has 1 aromatic carbocycles. The summed E-state index contributed by atoms with van der Waals surface area (Å²) in [6, 6.07) is 7.06. The molecule has 2 amide bonds. The van der Waals surface area contributed by atoms with Crippen molar-refractivity contribution in [2.75, 3.05) is 18.9 Å². The van der Waals surface area contributed by atoms with Gasteiger partial charge in [-0.1, -0.05) is 12.1 Å². The average Bonchev–Trinajstić information content (AvgIpc) is 3.20. The summed E-state index contributed by atoms with van der Waals surface area (Å²) in [5.41, 5.74) is 7.55. The Bertz CT molecular complexity index is 950. The van der Waals surface area contributed by atoms with Crippen molar-refractivity contribution in [1.82, 2.24) is 4.90 Å². The number of likely N-dealkylation sites (N-methyl/N-ethyl adjacent to an activating group) is 1. The minimum absolute atomic E-state index is 0.114. The van der Waals surface area contributed by atoms with Crippen LogP contribution in [0, 0.1) is 17.1 Å². The van der Waals surface area contributed by atoms with Crippen LogP contribution >= 0.6 is 11.3 Å². The van der Waals surface area contributed by atoms with Gasteiger partial charge in [0.1, 0.15) is 22.9 Å². The van der Waals surface area contributed by atoms with Gasteiger partial charge in [0.15, 0.2) is 0 Å². The van der Waals surface area contributed by atoms with Crippen molar-refractivity contribution in [1.29, 1.82) is 5.26 Å². The molecule has 2 aromatic rings. The maximum atomic E-state index is 13.5. The molecule has 28 heavy (non-hydrogen) atoms. The molecule has 146 valence electrons. The van der Waals surface area contributed by atoms with Gasteiger partial charge in [0.05, 0.1) is 5.56 Å². The highest BCUT2D eigenvalue weighted by molar-refractivity contribution is 7.16. The van der Waals surface area contributed by atoms with Crippen LogP contribution < -0.4 is 11.1 Å². The average molecular weight is 400 g/mol. The van der Waals surface area contributed by atoms with Crippen molar-refractivity contribution in [3.05, 3.63) is 51.7 Å². The van der Waals surface area contributed by atoms with Gasteiger partial charge in [-0.2, -0.15) is 5.26 Å². The number of thiophene rings is 1. The number of carbonyl (C=O) groups excluding carboxylic acids is 2. The number of aryl methyl sites for hydroxylation is 1. The zero-order valence-electron chi connectivity index (χ0n) is 15.5. The number of nitrogens with two attached hydrogens (primary N) is 1. The van der Waals surface area contributed by atoms with Gasteiger partial charge in [-0.25, -0.2) is 4.39 Å². The van der Waals surface area contributed by atoms with E-state index in [1.165, 1.54) is 34.4 Å². The van der Waals surface area contributed by atoms with Gasteiger partial charge >= 0.3 is 0 Å². The number of nitrogens with zero attached hydrogens (tertiary/aromatic N) is 2. The van der Waals surface area contributed by atoms with Crippen LogP contribution in [0.2, 0.25) is 0 Å². The molecule has 0 radical (unpaired) electrons. The molecule has 3 rings (SSSR count). The Morgan fingerprint density at radius 2 is 2.21 bits per heavy atom. The molecule has 3 N–H and O–H groups in total. The predicted octanol–water partition coefficient (Wildman–Crippen LogP) is 2.73. The van der Waals surface area contributed by atoms with Gasteiger partial charge in [-0.15, -0.1) is 11.3 Å². The summed E-state index contributed by atoms with van der Waals surface area (Å²) in [6.45, 7) is 0.253. The summed E-state index contributed by atoms with van der Waals surface area (Å²) >= 11 is 1.46. The molecular formula is C20H21FN4O2S. The van der Waals surface area contributed by atoms with E-state index >= 15 is 0 Å². The second-order valence-electron chi connectivity index (χ2n) is 6.81. The summed E-state index contributed by atoms with van der Waals surface area (Å²) in [7, 11) is 1.66. The smallest absolute Gasteiger partial charge is 0.239 e. The molecule has 1 aliphatic carbocycles. The van der Waals surface area contributed by atoms with Crippen molar-refractivity contribution < 1.29 is 14.0 Å². The Morgan fingerprint density at radius 1 is 1.43 bits per heavy atom. The Morgan fingerprint density at radius 3 is 2.89 bits per heavy atom. The number of fused-ring (bicyclic) bond motifs is 1. The summed E-state index contributed by atoms with van der Waals surface area (Å²) in [5, 5.41) is 12.8. The van der Waals surface area contributed by atoms with Gasteiger partial charge in [0, 0.05) is 17.8 Å². The summed E-state index contributed by atoms with van der Waals surface area (Å²) in [5.74, 6) is -1.31. The number of halogens is 1. The molecule has 0 saturated carbocycles. The van der Waals surface area contributed by atoms with E-state index in [1.54, 1.807) is 18.0 Å². The Balaban J connectivity index is 1.64. The molecule has 0 saturated heterocycles. The van der Waals surface area contributed by atoms with Crippen molar-refractivity contribution in [3.8, 4) is 6.07 Å². The van der Waals surface area contributed by atoms with E-state index in [0.717, 1.165) is 24.8 Å². The van der Waals surface area contributed by atoms with Crippen molar-refractivity contribution in [2.24, 2.45) is 5.73 Å². The minimum atomic E-state index is -0.830. The molecule has 1 aromatic heterocycles. The normalized spacial score (nSPS) is 13.8. The zero-order chi connectivity index (χ0) is 20.3. The van der Waals surface area contributed by atoms with Crippen LogP contribution in [0.3, 0.4) is 0 Å². The van der Waals surface area contributed by atoms with Crippen molar-refractivity contribution in [2.45, 2.75) is 31.7 Å². The lowest BCUT2D eigenvalue weighted by Gasteiger charge is -2.25. The minimum Gasteiger partial charge on any atom is -0.368 e. The van der Waals surface area contributed by atoms with E-state index in [-0.39, 0.29) is 18.9 Å². The third-order valence-electron chi connectivity index (χ3n) is 4.85. The highest BCUT2D eigenvalue weighted by Gasteiger charge is 2.25. The lowest BCUT2D eigenvalue weighted by molar-refractivity contribution is -0.124. The summed E-state index contributed by atoms with van der Waals surface area (Å²) < 4.78 is 13.5. The number of nitriles is 1. The Hall–Kier alpha value is -2.76. The number of amides is 2. The molecule has 0 spiro atoms. The largest absolute Gasteiger partial charge is 0.368 e. The van der Waals surface area contributed by atoms with Gasteiger partial charge in [-0.3, -0.25) is 14.5 Å². The quantitative estimate of drug-likeness (QED) is 0.746. The Labute approximate surface area is 166 Å². The van der Waals surface area contributed by atoms with Gasteiger partial charge in [-0.05, 0) is 49.6 Å². The van der Waals surface area contributed by atoms with Crippen LogP contribution in [0.1, 0.15) is 40.5 Å². The van der Waals surface area contributed by atoms with E-state index in [4.69, 9.17) is 5.73 Å². The molecule has 0 aliphatic heterocycles. The first-order valence-electron chi connectivity index (χ1n) is 9.00. The topological polar surface area (TPSA) is 99.2 Å². The number of rotatable bonds is 7. The second kappa shape index (κ2) is 8.50. The fourth-order valence-corrected chi connectivity index (χ4v) is 4.78. The fourth-order valence-electron chi connectivity index (χ4n) is 3.52. The number of nitrogens with one attached hydrogen (secondary N) is 1. The fraction of sp³-hybridized carbons (Fsp3) is 0.350. The third kappa shape index (κ3) is 4.21. The predicted molar refractivity (Wildman–Crippen MR) is 105 cm³/mol. The van der Waals surface area contributed by atoms with Gasteiger partial charge in [0.25, 0.3) is 0 Å². The zero-order valence-corrected chi connectivity index (χ0v) is 16.3. The molecule has 6 nitrogen and oxygen atoms in total. The monoisotopic (exact) mass is 400 g/mol. The van der Waals surface area contributed by atoms with E-state index in [2.05, 4.69) is 11.4 Å². The lowest BCUT2D eigenvalue weighted by Crippen LogP contribution is -2.37. The standard InChI is InChI=1S/C20H21FN4O2S/c1-25(18(19(23)27)12-4-2-5-13(21)10-12)9-8-17(26)24-20-15(11-22)14-6-3-7-16(14)28-20/h2,4-5,10,18H,3,6-9H2,1H3,(H2,23,27)(H,24,26). The number of anilines is 1. The van der Waals surface area contributed by atoms with Crippen LogP contribution in [-0.2, 0) is 22.4 Å². The van der Waals surface area contributed by atoms with Crippen LogP contribution in [0.15, 0.2) is 24.3 Å². The molecular weight excluding hydrogens is 379 g/mol. The molecule has 1 heterocycles. The summed E-state index contributed by atoms with van der Waals surface area (Å²) in [4.78, 5) is 27.0. The molecule has 1 atom stereocenters. The van der Waals surface area contributed by atoms with Crippen LogP contribution in [0.5, 0.6) is 0 Å². The highest BCUT2D eigenvalue weighted by Crippen LogP contribution is 2.38. The maximum absolute atomic E-state index is 13.5. The first-order valence-corrected chi connectivity index (χ1v) is 9.82. The first-order chi connectivity index (χ1) is 13.4. The van der Waals surface area contributed by atoms with E-state index in [9.17, 15) is 19.2 Å². The SMILES string of the molecule is CN(CCC(=O)Nc1sc2c(c1C#N)CCC2)C(C(N)=O)c1cccc(F)c1. The van der Waals surface area contributed by atoms with E-state index in [1.807, 2.05) is 0 Å². The second-order valence-corrected chi connectivity index (χ2v) is 7.92. The molecule has 1 unspecified atom stereocenters. The maximum Gasteiger partial charge on any atom is 0.239 e. The number of primary amides is 1. The van der Waals surface area contributed by atoms with Crippen LogP contribution in [-0.4, -0.2) is 30.3 Å². The van der Waals surface area contributed by atoms with Gasteiger partial charge in [0.2, 0.25) is 11.8 Å². The summed E-state index contributed by atoms with van der Waals surface area (Å²) in [6.07, 6.45) is 2.98. The number of hydrogen-bond acceptors (Lipinski definition) is 5. The number of carbonyl (C=O) groups is 2. The highest BCUT2D eigenvalue weighted by atomic mass is 32.1. The lowest BCUT2D eigenvalue weighted by atomic mass is 10.0. The first kappa shape index (κ1) is 20.0. The molecule has 8 heteroatoms. The molecule has 0 bridgehead atoms. The van der Waals surface area contributed by atoms with Crippen molar-refractivity contribution in [3.63, 3.8) is 0 Å².